The van der Waals surface area contributed by atoms with Crippen LogP contribution in [0.2, 0.25) is 0 Å². The lowest BCUT2D eigenvalue weighted by atomic mass is 9.71. The third-order valence-electron chi connectivity index (χ3n) is 14.2. The first-order valence-electron chi connectivity index (χ1n) is 26.0. The molecule has 23 heteroatoms. The standard InChI is InChI=1S/C33H41F2N5O5.C11H13ClF2O2.C9H14F2O2.C2Cl2/c1-19(2)27-28(41)36-20(3)29(42)40-17-5-6-25(39-40)30(43)45-21(4)24-10-9-23-8-7-22(18-26(23)37-24)11-12-32(31(44)38-27)13-15-33(34,35)16-14-32;1-2-16-9(15)10(7-8-12)3-5-11(13,14)6-4-10;1-2-13-8(12)7-3-5-9(10,11)6-4-7;3-1-2-4/h7-12,18-21,25,27,39H,5-6,13-17H2,1-4H3,(H,36,41)(H,38,44);2-6H2,1H3;7H,2-6H2,1H3;/b12-11+;;;/t20-,21+,25-,27-;;;/m0.../s1. The molecule has 2 aliphatic heterocycles. The van der Waals surface area contributed by atoms with Gasteiger partial charge in [0.15, 0.2) is 0 Å². The Morgan fingerprint density at radius 3 is 1.92 bits per heavy atom. The van der Waals surface area contributed by atoms with E-state index in [2.05, 4.69) is 27.4 Å². The number of halogens is 9. The molecular formula is C55H68Cl3F6N5O9. The monoisotopic (exact) mass is 1160 g/mol. The van der Waals surface area contributed by atoms with Gasteiger partial charge in [-0.25, -0.2) is 36.8 Å². The van der Waals surface area contributed by atoms with Crippen molar-refractivity contribution in [2.45, 2.75) is 173 Å². The number of esters is 3. The molecule has 5 aliphatic rings. The van der Waals surface area contributed by atoms with E-state index in [0.29, 0.717) is 42.8 Å². The normalized spacial score (nSPS) is 24.8. The molecule has 78 heavy (non-hydrogen) atoms. The van der Waals surface area contributed by atoms with E-state index in [4.69, 9.17) is 54.0 Å². The molecule has 3 amide bonds. The average molecular weight is 1160 g/mol. The van der Waals surface area contributed by atoms with Crippen molar-refractivity contribution in [2.75, 3.05) is 19.8 Å². The maximum absolute atomic E-state index is 14.3. The van der Waals surface area contributed by atoms with Gasteiger partial charge in [-0.05, 0) is 137 Å². The summed E-state index contributed by atoms with van der Waals surface area (Å²) in [6.07, 6.45) is 2.06. The van der Waals surface area contributed by atoms with Crippen molar-refractivity contribution in [2.24, 2.45) is 22.7 Å². The van der Waals surface area contributed by atoms with Gasteiger partial charge < -0.3 is 24.8 Å². The van der Waals surface area contributed by atoms with Gasteiger partial charge in [0.1, 0.15) is 29.6 Å². The number of nitrogens with one attached hydrogen (secondary N) is 3. The molecule has 1 aromatic carbocycles. The molecular weight excluding hydrogens is 1090 g/mol. The minimum absolute atomic E-state index is 0.00144. The van der Waals surface area contributed by atoms with Gasteiger partial charge in [-0.2, -0.15) is 0 Å². The molecule has 430 valence electrons. The minimum atomic E-state index is -2.88. The Morgan fingerprint density at radius 1 is 0.782 bits per heavy atom. The fourth-order valence-electron chi connectivity index (χ4n) is 9.44. The van der Waals surface area contributed by atoms with Crippen LogP contribution in [0.4, 0.5) is 26.3 Å². The van der Waals surface area contributed by atoms with Crippen LogP contribution in [-0.2, 0) is 43.0 Å². The van der Waals surface area contributed by atoms with Crippen molar-refractivity contribution >= 4 is 87.4 Å². The highest BCUT2D eigenvalue weighted by atomic mass is 35.5. The highest BCUT2D eigenvalue weighted by molar-refractivity contribution is 6.38. The van der Waals surface area contributed by atoms with Crippen LogP contribution < -0.4 is 16.1 Å². The largest absolute Gasteiger partial charge is 0.466 e. The number of cyclic esters (lactones) is 1. The van der Waals surface area contributed by atoms with Crippen molar-refractivity contribution in [3.8, 4) is 22.1 Å². The van der Waals surface area contributed by atoms with Gasteiger partial charge in [0.2, 0.25) is 29.6 Å². The molecule has 7 rings (SSSR count). The Bertz CT molecular complexity index is 2570. The Hall–Kier alpha value is -5.28. The number of hydrogen-bond donors (Lipinski definition) is 3. The number of pyridine rings is 1. The second-order valence-corrected chi connectivity index (χ2v) is 20.9. The van der Waals surface area contributed by atoms with E-state index in [0.717, 1.165) is 5.39 Å². The van der Waals surface area contributed by atoms with Gasteiger partial charge in [-0.1, -0.05) is 50.1 Å². The van der Waals surface area contributed by atoms with E-state index in [1.165, 1.54) is 11.9 Å². The summed E-state index contributed by atoms with van der Waals surface area (Å²) in [6, 6.07) is 6.45. The topological polar surface area (TPSA) is 182 Å². The smallest absolute Gasteiger partial charge is 0.325 e. The number of hydrazine groups is 1. The summed E-state index contributed by atoms with van der Waals surface area (Å²) in [6.45, 7) is 11.0. The van der Waals surface area contributed by atoms with E-state index in [9.17, 15) is 55.1 Å². The molecule has 2 aromatic rings. The number of amides is 3. The van der Waals surface area contributed by atoms with Gasteiger partial charge in [0, 0.05) is 66.6 Å². The molecule has 3 aliphatic carbocycles. The van der Waals surface area contributed by atoms with Crippen LogP contribution in [0.1, 0.15) is 149 Å². The third kappa shape index (κ3) is 18.7. The Labute approximate surface area is 466 Å². The van der Waals surface area contributed by atoms with Crippen LogP contribution in [-0.4, -0.2) is 101 Å². The van der Waals surface area contributed by atoms with Crippen LogP contribution in [0.3, 0.4) is 0 Å². The molecule has 14 nitrogen and oxygen atoms in total. The Morgan fingerprint density at radius 2 is 1.36 bits per heavy atom. The number of carbonyl (C=O) groups excluding carboxylic acids is 6. The molecule has 1 saturated heterocycles. The zero-order chi connectivity index (χ0) is 58.1. The number of aromatic nitrogens is 1. The van der Waals surface area contributed by atoms with Crippen molar-refractivity contribution in [3.63, 3.8) is 0 Å². The molecule has 5 bridgehead atoms. The first kappa shape index (κ1) is 65.2. The SMILES string of the molecule is CC(C)[C@@H]1NC(=O)C2(/C=C/c3ccc4ccc(nc4c3)[C@@H](C)OC(=O)[C@@H]3CCCN(N3)C(=O)[C@H](C)NC1=O)CCC(F)(F)CC2.CCOC(=O)C1(C#CCl)CCC(F)(F)CC1.CCOC(=O)C1CCC(F)(F)CC1.ClC#CCl. The molecule has 4 fully saturated rings. The number of alkyl halides is 6. The van der Waals surface area contributed by atoms with Crippen molar-refractivity contribution in [3.05, 3.63) is 47.7 Å². The summed E-state index contributed by atoms with van der Waals surface area (Å²) in [5.41, 5.74) is 2.42. The molecule has 0 radical (unpaired) electrons. The summed E-state index contributed by atoms with van der Waals surface area (Å²) >= 11 is 14.7. The lowest BCUT2D eigenvalue weighted by Crippen LogP contribution is -2.61. The number of rotatable bonds is 5. The highest BCUT2D eigenvalue weighted by Gasteiger charge is 2.49. The van der Waals surface area contributed by atoms with Gasteiger partial charge in [-0.3, -0.25) is 33.8 Å². The highest BCUT2D eigenvalue weighted by Crippen LogP contribution is 2.46. The van der Waals surface area contributed by atoms with Crippen LogP contribution in [0.5, 0.6) is 0 Å². The third-order valence-corrected chi connectivity index (χ3v) is 14.6. The number of ether oxygens (including phenoxy) is 3. The van der Waals surface area contributed by atoms with E-state index >= 15 is 0 Å². The molecule has 3 heterocycles. The average Bonchev–Trinajstić information content (AvgIpc) is 3.40. The molecule has 4 atom stereocenters. The van der Waals surface area contributed by atoms with Crippen molar-refractivity contribution < 1.29 is 69.3 Å². The summed E-state index contributed by atoms with van der Waals surface area (Å²) in [7, 11) is 0. The first-order valence-corrected chi connectivity index (χ1v) is 27.1. The van der Waals surface area contributed by atoms with Crippen molar-refractivity contribution in [1.82, 2.24) is 26.1 Å². The van der Waals surface area contributed by atoms with Gasteiger partial charge in [0.05, 0.1) is 35.8 Å². The Kier molecular flexibility index (Phi) is 24.5. The lowest BCUT2D eigenvalue weighted by Gasteiger charge is -2.38. The maximum Gasteiger partial charge on any atom is 0.325 e. The Balaban J connectivity index is 0.000000321. The number of benzene rings is 1. The zero-order valence-electron chi connectivity index (χ0n) is 44.5. The van der Waals surface area contributed by atoms with Crippen LogP contribution in [0, 0.1) is 44.7 Å². The predicted molar refractivity (Wildman–Crippen MR) is 283 cm³/mol. The van der Waals surface area contributed by atoms with E-state index < -0.39 is 95.3 Å². The molecule has 1 spiro atoms. The molecule has 0 unspecified atom stereocenters. The van der Waals surface area contributed by atoms with E-state index in [-0.39, 0.29) is 88.6 Å². The van der Waals surface area contributed by atoms with Gasteiger partial charge >= 0.3 is 17.9 Å². The second kappa shape index (κ2) is 29.3. The van der Waals surface area contributed by atoms with Crippen molar-refractivity contribution in [1.29, 1.82) is 0 Å². The van der Waals surface area contributed by atoms with Crippen LogP contribution in [0.15, 0.2) is 36.4 Å². The maximum atomic E-state index is 14.3. The fourth-order valence-corrected chi connectivity index (χ4v) is 9.62. The number of fused-ring (bicyclic) bond motifs is 4. The molecule has 3 N–H and O–H groups in total. The number of nitrogens with zero attached hydrogens (tertiary/aromatic N) is 2. The van der Waals surface area contributed by atoms with Crippen LogP contribution >= 0.6 is 34.8 Å². The first-order chi connectivity index (χ1) is 36.7. The van der Waals surface area contributed by atoms with Crippen LogP contribution in [0.25, 0.3) is 17.0 Å². The second-order valence-electron chi connectivity index (χ2n) is 20.3. The van der Waals surface area contributed by atoms with E-state index in [1.54, 1.807) is 52.8 Å². The number of hydrogen-bond acceptors (Lipinski definition) is 11. The van der Waals surface area contributed by atoms with Gasteiger partial charge in [0.25, 0.3) is 5.91 Å². The minimum Gasteiger partial charge on any atom is -0.466 e. The van der Waals surface area contributed by atoms with E-state index in [1.807, 2.05) is 35.0 Å². The molecule has 1 aromatic heterocycles. The molecule has 3 saturated carbocycles. The summed E-state index contributed by atoms with van der Waals surface area (Å²) in [5.74, 6) is -9.21. The predicted octanol–water partition coefficient (Wildman–Crippen LogP) is 10.9. The zero-order valence-corrected chi connectivity index (χ0v) is 46.8. The summed E-state index contributed by atoms with van der Waals surface area (Å²) < 4.78 is 95.3. The fraction of sp³-hybridized carbons (Fsp3) is 0.618. The summed E-state index contributed by atoms with van der Waals surface area (Å²) in [4.78, 5) is 81.4. The quantitative estimate of drug-likeness (QED) is 0.112. The lowest BCUT2D eigenvalue weighted by molar-refractivity contribution is -0.158. The number of carbonyl (C=O) groups is 6. The van der Waals surface area contributed by atoms with Gasteiger partial charge in [-0.15, -0.1) is 0 Å². The summed E-state index contributed by atoms with van der Waals surface area (Å²) in [5, 5.41) is 13.6.